The van der Waals surface area contributed by atoms with Crippen molar-refractivity contribution in [2.45, 2.75) is 13.5 Å². The summed E-state index contributed by atoms with van der Waals surface area (Å²) < 4.78 is 12.2. The van der Waals surface area contributed by atoms with Crippen LogP contribution in [0.2, 0.25) is 0 Å². The highest BCUT2D eigenvalue weighted by molar-refractivity contribution is 9.10. The Kier molecular flexibility index (Phi) is 3.36. The summed E-state index contributed by atoms with van der Waals surface area (Å²) >= 11 is 3.47. The van der Waals surface area contributed by atoms with Gasteiger partial charge in [0.1, 0.15) is 11.3 Å². The van der Waals surface area contributed by atoms with Crippen molar-refractivity contribution in [3.05, 3.63) is 52.3 Å². The molecule has 102 valence electrons. The molecule has 0 saturated heterocycles. The summed E-state index contributed by atoms with van der Waals surface area (Å²) in [5.41, 5.74) is 8.97. The van der Waals surface area contributed by atoms with Gasteiger partial charge < -0.3 is 14.9 Å². The first kappa shape index (κ1) is 13.0. The molecule has 0 aliphatic heterocycles. The number of hydrogen-bond acceptors (Lipinski definition) is 4. The number of fused-ring (bicyclic) bond motifs is 1. The maximum absolute atomic E-state index is 5.85. The van der Waals surface area contributed by atoms with Gasteiger partial charge in [0.2, 0.25) is 5.89 Å². The first-order valence-electron chi connectivity index (χ1n) is 6.16. The Labute approximate surface area is 124 Å². The Hall–Kier alpha value is -2.01. The maximum atomic E-state index is 5.85. The molecule has 2 aromatic carbocycles. The van der Waals surface area contributed by atoms with E-state index in [0.29, 0.717) is 22.7 Å². The molecule has 0 fully saturated rings. The number of aryl methyl sites for hydroxylation is 1. The van der Waals surface area contributed by atoms with E-state index in [1.54, 1.807) is 6.07 Å². The molecule has 0 unspecified atom stereocenters. The molecule has 1 heterocycles. The summed E-state index contributed by atoms with van der Waals surface area (Å²) in [6.45, 7) is 2.29. The molecule has 5 heteroatoms. The van der Waals surface area contributed by atoms with Crippen LogP contribution < -0.4 is 10.5 Å². The average Bonchev–Trinajstić information content (AvgIpc) is 2.82. The van der Waals surface area contributed by atoms with E-state index in [9.17, 15) is 0 Å². The van der Waals surface area contributed by atoms with Crippen LogP contribution in [0.15, 0.2) is 45.3 Å². The largest absolute Gasteiger partial charge is 0.483 e. The van der Waals surface area contributed by atoms with Gasteiger partial charge in [-0.05, 0) is 52.7 Å². The minimum Gasteiger partial charge on any atom is -0.483 e. The summed E-state index contributed by atoms with van der Waals surface area (Å²) in [6, 6.07) is 11.4. The van der Waals surface area contributed by atoms with Crippen LogP contribution in [0.25, 0.3) is 11.1 Å². The molecule has 0 aliphatic carbocycles. The van der Waals surface area contributed by atoms with Gasteiger partial charge in [-0.1, -0.05) is 12.1 Å². The first-order valence-corrected chi connectivity index (χ1v) is 6.95. The van der Waals surface area contributed by atoms with E-state index >= 15 is 0 Å². The minimum absolute atomic E-state index is 0.260. The quantitative estimate of drug-likeness (QED) is 0.734. The summed E-state index contributed by atoms with van der Waals surface area (Å²) in [5, 5.41) is 0. The van der Waals surface area contributed by atoms with Crippen LogP contribution in [0.3, 0.4) is 0 Å². The predicted octanol–water partition coefficient (Wildman–Crippen LogP) is 4.06. The van der Waals surface area contributed by atoms with Crippen LogP contribution in [0.1, 0.15) is 11.5 Å². The fraction of sp³-hybridized carbons (Fsp3) is 0.133. The number of ether oxygens (including phenoxy) is 1. The summed E-state index contributed by atoms with van der Waals surface area (Å²) in [4.78, 5) is 4.34. The van der Waals surface area contributed by atoms with Gasteiger partial charge in [0, 0.05) is 0 Å². The van der Waals surface area contributed by atoms with E-state index in [-0.39, 0.29) is 6.61 Å². The van der Waals surface area contributed by atoms with Gasteiger partial charge >= 0.3 is 0 Å². The summed E-state index contributed by atoms with van der Waals surface area (Å²) in [6.07, 6.45) is 0. The predicted molar refractivity (Wildman–Crippen MR) is 81.6 cm³/mol. The van der Waals surface area contributed by atoms with E-state index in [0.717, 1.165) is 10.2 Å². The number of benzene rings is 2. The third-order valence-corrected chi connectivity index (χ3v) is 3.55. The molecule has 0 bridgehead atoms. The van der Waals surface area contributed by atoms with E-state index in [1.807, 2.05) is 37.3 Å². The number of nitrogens with two attached hydrogens (primary N) is 1. The van der Waals surface area contributed by atoms with Crippen molar-refractivity contribution >= 4 is 32.7 Å². The van der Waals surface area contributed by atoms with Crippen LogP contribution in [0.5, 0.6) is 5.75 Å². The molecule has 0 amide bonds. The lowest BCUT2D eigenvalue weighted by molar-refractivity contribution is 0.265. The van der Waals surface area contributed by atoms with Crippen LogP contribution in [0, 0.1) is 6.92 Å². The standard InChI is InChI=1S/C15H13BrN2O2/c1-9-5-6-12(10(16)7-9)19-8-14-18-15-11(17)3-2-4-13(15)20-14/h2-7H,8,17H2,1H3. The van der Waals surface area contributed by atoms with Crippen LogP contribution >= 0.6 is 15.9 Å². The molecule has 1 aromatic heterocycles. The Balaban J connectivity index is 1.81. The Morgan fingerprint density at radius 1 is 1.30 bits per heavy atom. The zero-order valence-corrected chi connectivity index (χ0v) is 12.5. The van der Waals surface area contributed by atoms with Crippen molar-refractivity contribution in [3.8, 4) is 5.75 Å². The average molecular weight is 333 g/mol. The van der Waals surface area contributed by atoms with Crippen molar-refractivity contribution in [3.63, 3.8) is 0 Å². The summed E-state index contributed by atoms with van der Waals surface area (Å²) in [7, 11) is 0. The van der Waals surface area contributed by atoms with Crippen molar-refractivity contribution < 1.29 is 9.15 Å². The van der Waals surface area contributed by atoms with E-state index in [4.69, 9.17) is 14.9 Å². The Bertz CT molecular complexity index is 768. The SMILES string of the molecule is Cc1ccc(OCc2nc3c(N)cccc3o2)c(Br)c1. The van der Waals surface area contributed by atoms with Gasteiger partial charge in [-0.25, -0.2) is 4.98 Å². The fourth-order valence-corrected chi connectivity index (χ4v) is 2.55. The Morgan fingerprint density at radius 3 is 2.90 bits per heavy atom. The summed E-state index contributed by atoms with van der Waals surface area (Å²) in [5.74, 6) is 1.26. The highest BCUT2D eigenvalue weighted by Gasteiger charge is 2.09. The van der Waals surface area contributed by atoms with E-state index in [2.05, 4.69) is 20.9 Å². The van der Waals surface area contributed by atoms with Crippen molar-refractivity contribution in [2.75, 3.05) is 5.73 Å². The zero-order valence-electron chi connectivity index (χ0n) is 10.9. The van der Waals surface area contributed by atoms with Gasteiger partial charge in [-0.3, -0.25) is 0 Å². The van der Waals surface area contributed by atoms with Crippen LogP contribution in [-0.2, 0) is 6.61 Å². The molecule has 2 N–H and O–H groups in total. The molecule has 0 radical (unpaired) electrons. The molecular formula is C15H13BrN2O2. The number of hydrogen-bond donors (Lipinski definition) is 1. The second kappa shape index (κ2) is 5.17. The molecular weight excluding hydrogens is 320 g/mol. The normalized spacial score (nSPS) is 10.9. The number of nitrogen functional groups attached to an aromatic ring is 1. The Morgan fingerprint density at radius 2 is 2.15 bits per heavy atom. The molecule has 0 spiro atoms. The molecule has 0 atom stereocenters. The minimum atomic E-state index is 0.260. The highest BCUT2D eigenvalue weighted by Crippen LogP contribution is 2.27. The molecule has 3 rings (SSSR count). The second-order valence-corrected chi connectivity index (χ2v) is 5.38. The maximum Gasteiger partial charge on any atom is 0.233 e. The molecule has 20 heavy (non-hydrogen) atoms. The number of para-hydroxylation sites is 1. The van der Waals surface area contributed by atoms with Gasteiger partial charge in [-0.15, -0.1) is 0 Å². The van der Waals surface area contributed by atoms with Gasteiger partial charge in [-0.2, -0.15) is 0 Å². The van der Waals surface area contributed by atoms with Crippen LogP contribution in [0.4, 0.5) is 5.69 Å². The molecule has 0 saturated carbocycles. The highest BCUT2D eigenvalue weighted by atomic mass is 79.9. The fourth-order valence-electron chi connectivity index (χ4n) is 1.94. The number of halogens is 1. The van der Waals surface area contributed by atoms with Gasteiger partial charge in [0.15, 0.2) is 12.2 Å². The lowest BCUT2D eigenvalue weighted by Crippen LogP contribution is -1.96. The lowest BCUT2D eigenvalue weighted by atomic mass is 10.2. The number of oxazole rings is 1. The van der Waals surface area contributed by atoms with Gasteiger partial charge in [0.05, 0.1) is 10.2 Å². The van der Waals surface area contributed by atoms with Crippen LogP contribution in [-0.4, -0.2) is 4.98 Å². The number of aromatic nitrogens is 1. The molecule has 4 nitrogen and oxygen atoms in total. The van der Waals surface area contributed by atoms with Gasteiger partial charge in [0.25, 0.3) is 0 Å². The number of rotatable bonds is 3. The van der Waals surface area contributed by atoms with Crippen molar-refractivity contribution in [2.24, 2.45) is 0 Å². The molecule has 3 aromatic rings. The third kappa shape index (κ3) is 2.49. The first-order chi connectivity index (χ1) is 9.63. The topological polar surface area (TPSA) is 61.3 Å². The number of anilines is 1. The van der Waals surface area contributed by atoms with E-state index in [1.165, 1.54) is 5.56 Å². The van der Waals surface area contributed by atoms with E-state index < -0.39 is 0 Å². The monoisotopic (exact) mass is 332 g/mol. The lowest BCUT2D eigenvalue weighted by Gasteiger charge is -2.06. The number of nitrogens with zero attached hydrogens (tertiary/aromatic N) is 1. The third-order valence-electron chi connectivity index (χ3n) is 2.93. The van der Waals surface area contributed by atoms with Crippen molar-refractivity contribution in [1.29, 1.82) is 0 Å². The zero-order chi connectivity index (χ0) is 14.1. The van der Waals surface area contributed by atoms with Crippen molar-refractivity contribution in [1.82, 2.24) is 4.98 Å². The second-order valence-electron chi connectivity index (χ2n) is 4.52. The smallest absolute Gasteiger partial charge is 0.233 e. The molecule has 0 aliphatic rings.